The zero-order chi connectivity index (χ0) is 25.0. The number of piperazine rings is 1. The number of anilines is 2. The minimum absolute atomic E-state index is 0.104. The van der Waals surface area contributed by atoms with E-state index in [4.69, 9.17) is 0 Å². The number of ether oxygens (including phenoxy) is 1. The molecule has 2 aliphatic heterocycles. The Morgan fingerprint density at radius 3 is 2.51 bits per heavy atom. The van der Waals surface area contributed by atoms with E-state index < -0.39 is 12.4 Å². The van der Waals surface area contributed by atoms with Crippen LogP contribution in [0.4, 0.5) is 24.5 Å². The number of benzene rings is 2. The van der Waals surface area contributed by atoms with Gasteiger partial charge in [-0.15, -0.1) is 13.2 Å². The van der Waals surface area contributed by atoms with Crippen LogP contribution in [0.1, 0.15) is 18.4 Å². The zero-order valence-electron chi connectivity index (χ0n) is 19.3. The van der Waals surface area contributed by atoms with Gasteiger partial charge in [-0.1, -0.05) is 12.1 Å². The second-order valence-electron chi connectivity index (χ2n) is 8.72. The van der Waals surface area contributed by atoms with Gasteiger partial charge >= 0.3 is 6.36 Å². The maximum absolute atomic E-state index is 12.7. The van der Waals surface area contributed by atoms with E-state index in [1.165, 1.54) is 17.1 Å². The highest BCUT2D eigenvalue weighted by Crippen LogP contribution is 2.24. The first-order valence-corrected chi connectivity index (χ1v) is 11.4. The van der Waals surface area contributed by atoms with E-state index in [2.05, 4.69) is 44.5 Å². The van der Waals surface area contributed by atoms with Crippen molar-refractivity contribution in [1.29, 1.82) is 0 Å². The van der Waals surface area contributed by atoms with Gasteiger partial charge in [0, 0.05) is 44.0 Å². The van der Waals surface area contributed by atoms with E-state index in [0.29, 0.717) is 18.7 Å². The Balaban J connectivity index is 1.35. The average molecular weight is 492 g/mol. The van der Waals surface area contributed by atoms with Crippen LogP contribution in [0.25, 0.3) is 0 Å². The number of carbonyl (C=O) groups excluding carboxylic acids is 2. The van der Waals surface area contributed by atoms with E-state index in [-0.39, 0.29) is 24.0 Å². The van der Waals surface area contributed by atoms with E-state index in [1.807, 2.05) is 12.1 Å². The Morgan fingerprint density at radius 2 is 1.83 bits per heavy atom. The number of carbonyl (C=O) groups is 2. The number of nitrogens with one attached hydrogen (secondary N) is 2. The molecule has 11 heteroatoms. The van der Waals surface area contributed by atoms with E-state index >= 15 is 0 Å². The quantitative estimate of drug-likeness (QED) is 0.647. The molecule has 2 aliphatic rings. The smallest absolute Gasteiger partial charge is 0.406 e. The van der Waals surface area contributed by atoms with Gasteiger partial charge in [0.05, 0.1) is 6.54 Å². The molecule has 2 saturated heterocycles. The number of hydrogen-bond acceptors (Lipinski definition) is 6. The highest BCUT2D eigenvalue weighted by Gasteiger charge is 2.32. The predicted octanol–water partition coefficient (Wildman–Crippen LogP) is 2.97. The van der Waals surface area contributed by atoms with Crippen molar-refractivity contribution in [3.63, 3.8) is 0 Å². The summed E-state index contributed by atoms with van der Waals surface area (Å²) in [6.07, 6.45) is -4.25. The molecule has 2 aromatic carbocycles. The Bertz CT molecular complexity index is 1040. The first-order valence-electron chi connectivity index (χ1n) is 11.4. The van der Waals surface area contributed by atoms with Crippen LogP contribution in [0.5, 0.6) is 5.75 Å². The zero-order valence-corrected chi connectivity index (χ0v) is 19.3. The number of halogens is 3. The Kier molecular flexibility index (Phi) is 7.46. The van der Waals surface area contributed by atoms with Crippen molar-refractivity contribution in [1.82, 2.24) is 15.3 Å². The SMILES string of the molecule is CN1CCN(c2cccc(CN3NC(C(=O)Nc4ccc(OC(F)(F)F)cc4)CCC3=O)c2)CC1. The van der Waals surface area contributed by atoms with E-state index in [9.17, 15) is 22.8 Å². The lowest BCUT2D eigenvalue weighted by Crippen LogP contribution is -2.56. The molecule has 2 fully saturated rings. The highest BCUT2D eigenvalue weighted by molar-refractivity contribution is 5.96. The van der Waals surface area contributed by atoms with Gasteiger partial charge in [-0.2, -0.15) is 0 Å². The van der Waals surface area contributed by atoms with Crippen molar-refractivity contribution in [3.8, 4) is 5.75 Å². The standard InChI is InChI=1S/C24H28F3N5O3/c1-30-11-13-31(14-12-30)19-4-2-3-17(15-19)16-32-22(33)10-9-21(29-32)23(34)28-18-5-7-20(8-6-18)35-24(25,26)27/h2-8,15,21,29H,9-14,16H2,1H3,(H,28,34). The van der Waals surface area contributed by atoms with Crippen LogP contribution in [-0.2, 0) is 16.1 Å². The van der Waals surface area contributed by atoms with Crippen LogP contribution in [0.3, 0.4) is 0 Å². The van der Waals surface area contributed by atoms with Gasteiger partial charge in [0.2, 0.25) is 11.8 Å². The molecule has 0 spiro atoms. The monoisotopic (exact) mass is 491 g/mol. The molecular weight excluding hydrogens is 463 g/mol. The minimum atomic E-state index is -4.78. The number of hydrazine groups is 1. The summed E-state index contributed by atoms with van der Waals surface area (Å²) in [6, 6.07) is 12.3. The highest BCUT2D eigenvalue weighted by atomic mass is 19.4. The van der Waals surface area contributed by atoms with Gasteiger partial charge in [-0.25, -0.2) is 5.43 Å². The molecule has 1 unspecified atom stereocenters. The molecule has 2 amide bonds. The van der Waals surface area contributed by atoms with E-state index in [0.717, 1.165) is 49.6 Å². The van der Waals surface area contributed by atoms with Crippen LogP contribution >= 0.6 is 0 Å². The molecule has 0 aromatic heterocycles. The summed E-state index contributed by atoms with van der Waals surface area (Å²) < 4.78 is 40.8. The molecule has 4 rings (SSSR count). The molecule has 0 aliphatic carbocycles. The molecule has 2 heterocycles. The molecule has 2 aromatic rings. The van der Waals surface area contributed by atoms with Crippen LogP contribution in [0, 0.1) is 0 Å². The maximum Gasteiger partial charge on any atom is 0.573 e. The maximum atomic E-state index is 12.7. The average Bonchev–Trinajstić information content (AvgIpc) is 2.81. The molecule has 188 valence electrons. The van der Waals surface area contributed by atoms with Gasteiger partial charge in [0.1, 0.15) is 11.8 Å². The summed E-state index contributed by atoms with van der Waals surface area (Å²) in [5.41, 5.74) is 5.38. The molecular formula is C24H28F3N5O3. The number of nitrogens with zero attached hydrogens (tertiary/aromatic N) is 3. The Morgan fingerprint density at radius 1 is 1.11 bits per heavy atom. The van der Waals surface area contributed by atoms with Crippen molar-refractivity contribution in [3.05, 3.63) is 54.1 Å². The van der Waals surface area contributed by atoms with Crippen LogP contribution in [0.15, 0.2) is 48.5 Å². The summed E-state index contributed by atoms with van der Waals surface area (Å²) in [5.74, 6) is -0.854. The van der Waals surface area contributed by atoms with Gasteiger partial charge in [-0.3, -0.25) is 14.6 Å². The van der Waals surface area contributed by atoms with Crippen LogP contribution in [0.2, 0.25) is 0 Å². The molecule has 0 saturated carbocycles. The van der Waals surface area contributed by atoms with E-state index in [1.54, 1.807) is 0 Å². The summed E-state index contributed by atoms with van der Waals surface area (Å²) >= 11 is 0. The lowest BCUT2D eigenvalue weighted by atomic mass is 10.1. The number of rotatable bonds is 6. The predicted molar refractivity (Wildman–Crippen MR) is 125 cm³/mol. The Hall–Kier alpha value is -3.31. The number of likely N-dealkylation sites (N-methyl/N-ethyl adjacent to an activating group) is 1. The van der Waals surface area contributed by atoms with Gasteiger partial charge in [0.15, 0.2) is 0 Å². The van der Waals surface area contributed by atoms with Crippen LogP contribution < -0.4 is 20.4 Å². The van der Waals surface area contributed by atoms with Crippen molar-refractivity contribution < 1.29 is 27.5 Å². The summed E-state index contributed by atoms with van der Waals surface area (Å²) in [6.45, 7) is 4.17. The number of alkyl halides is 3. The second-order valence-corrected chi connectivity index (χ2v) is 8.72. The fourth-order valence-electron chi connectivity index (χ4n) is 4.12. The third-order valence-electron chi connectivity index (χ3n) is 6.05. The normalized spacial score (nSPS) is 19.5. The summed E-state index contributed by atoms with van der Waals surface area (Å²) in [5, 5.41) is 4.13. The molecule has 8 nitrogen and oxygen atoms in total. The van der Waals surface area contributed by atoms with Crippen molar-refractivity contribution >= 4 is 23.2 Å². The molecule has 0 bridgehead atoms. The number of amides is 2. The molecule has 1 atom stereocenters. The van der Waals surface area contributed by atoms with Crippen LogP contribution in [-0.4, -0.2) is 67.4 Å². The molecule has 0 radical (unpaired) electrons. The van der Waals surface area contributed by atoms with Gasteiger partial charge in [-0.05, 0) is 55.4 Å². The topological polar surface area (TPSA) is 77.2 Å². The first-order chi connectivity index (χ1) is 16.7. The summed E-state index contributed by atoms with van der Waals surface area (Å²) in [7, 11) is 2.10. The third-order valence-corrected chi connectivity index (χ3v) is 6.05. The lowest BCUT2D eigenvalue weighted by molar-refractivity contribution is -0.274. The first kappa shape index (κ1) is 24.8. The van der Waals surface area contributed by atoms with Crippen molar-refractivity contribution in [2.24, 2.45) is 0 Å². The largest absolute Gasteiger partial charge is 0.573 e. The third kappa shape index (κ3) is 6.86. The summed E-state index contributed by atoms with van der Waals surface area (Å²) in [4.78, 5) is 29.8. The molecule has 35 heavy (non-hydrogen) atoms. The second kappa shape index (κ2) is 10.5. The fourth-order valence-corrected chi connectivity index (χ4v) is 4.12. The van der Waals surface area contributed by atoms with Crippen molar-refractivity contribution in [2.45, 2.75) is 31.8 Å². The van der Waals surface area contributed by atoms with Gasteiger partial charge < -0.3 is 19.9 Å². The molecule has 2 N–H and O–H groups in total. The lowest BCUT2D eigenvalue weighted by Gasteiger charge is -2.35. The minimum Gasteiger partial charge on any atom is -0.406 e. The number of hydrogen-bond donors (Lipinski definition) is 2. The van der Waals surface area contributed by atoms with Gasteiger partial charge in [0.25, 0.3) is 0 Å². The Labute approximate surface area is 201 Å². The van der Waals surface area contributed by atoms with Crippen molar-refractivity contribution in [2.75, 3.05) is 43.4 Å². The fraction of sp³-hybridized carbons (Fsp3) is 0.417.